The molecular weight excluding hydrogens is 545 g/mol. The average molecular weight is 573 g/mol. The van der Waals surface area contributed by atoms with E-state index in [1.165, 1.54) is 24.5 Å². The summed E-state index contributed by atoms with van der Waals surface area (Å²) < 4.78 is 24.3. The lowest BCUT2D eigenvalue weighted by Crippen LogP contribution is -2.28. The van der Waals surface area contributed by atoms with Crippen molar-refractivity contribution in [3.63, 3.8) is 0 Å². The van der Waals surface area contributed by atoms with Gasteiger partial charge in [0.05, 0.1) is 20.8 Å². The van der Waals surface area contributed by atoms with Gasteiger partial charge in [-0.15, -0.1) is 23.1 Å². The van der Waals surface area contributed by atoms with Gasteiger partial charge in [-0.1, -0.05) is 36.4 Å². The fourth-order valence-corrected chi connectivity index (χ4v) is 6.35. The summed E-state index contributed by atoms with van der Waals surface area (Å²) >= 11 is 3.07. The molecule has 0 amide bonds. The van der Waals surface area contributed by atoms with Crippen molar-refractivity contribution in [2.45, 2.75) is 30.4 Å². The van der Waals surface area contributed by atoms with Crippen molar-refractivity contribution in [2.24, 2.45) is 0 Å². The number of benzene rings is 3. The van der Waals surface area contributed by atoms with Gasteiger partial charge in [0, 0.05) is 40.8 Å². The Kier molecular flexibility index (Phi) is 7.22. The molecule has 0 aliphatic rings. The molecule has 5 aromatic rings. The van der Waals surface area contributed by atoms with Crippen LogP contribution in [0.4, 0.5) is 0 Å². The van der Waals surface area contributed by atoms with Crippen molar-refractivity contribution in [1.29, 1.82) is 0 Å². The van der Waals surface area contributed by atoms with E-state index in [9.17, 15) is 13.2 Å². The number of thiazole rings is 1. The van der Waals surface area contributed by atoms with Crippen LogP contribution in [0.3, 0.4) is 0 Å². The molecule has 5 nitrogen and oxygen atoms in total. The predicted molar refractivity (Wildman–Crippen MR) is 163 cm³/mol. The molecule has 39 heavy (non-hydrogen) atoms. The molecule has 3 aromatic carbocycles. The quantitative estimate of drug-likeness (QED) is 0.146. The molecule has 198 valence electrons. The Balaban J connectivity index is 1.71. The van der Waals surface area contributed by atoms with E-state index in [-0.39, 0.29) is 5.78 Å². The molecule has 0 radical (unpaired) electrons. The molecule has 0 aliphatic heterocycles. The number of hydrogen-bond donors (Lipinski definition) is 0. The van der Waals surface area contributed by atoms with Crippen molar-refractivity contribution < 1.29 is 13.2 Å². The van der Waals surface area contributed by atoms with Crippen LogP contribution in [0, 0.1) is 0 Å². The van der Waals surface area contributed by atoms with Crippen LogP contribution in [-0.4, -0.2) is 36.7 Å². The molecule has 0 saturated carbocycles. The van der Waals surface area contributed by atoms with Crippen LogP contribution in [0.15, 0.2) is 83.9 Å². The predicted octanol–water partition coefficient (Wildman–Crippen LogP) is 7.90. The highest BCUT2D eigenvalue weighted by atomic mass is 32.2. The number of hydrogen-bond acceptors (Lipinski definition) is 7. The third kappa shape index (κ3) is 5.16. The smallest absolute Gasteiger partial charge is 0.188 e. The summed E-state index contributed by atoms with van der Waals surface area (Å²) in [7, 11) is -3.38. The zero-order chi connectivity index (χ0) is 27.9. The Hall–Kier alpha value is -3.33. The third-order valence-corrected chi connectivity index (χ3v) is 11.1. The third-order valence-electron chi connectivity index (χ3n) is 7.05. The Morgan fingerprint density at radius 3 is 2.31 bits per heavy atom. The molecule has 5 rings (SSSR count). The van der Waals surface area contributed by atoms with Crippen molar-refractivity contribution in [3.8, 4) is 32.8 Å². The first-order valence-electron chi connectivity index (χ1n) is 12.4. The van der Waals surface area contributed by atoms with Crippen LogP contribution in [-0.2, 0) is 14.6 Å². The first-order chi connectivity index (χ1) is 18.5. The maximum atomic E-state index is 12.7. The Bertz CT molecular complexity index is 1820. The molecule has 0 N–H and O–H groups in total. The SMILES string of the molecule is CSc1ccc(-c2sc(C(C)=O)nc2-c2cccc(-c3cc(C(C)(C)S(C)(=O)=O)cc4cccnc34)c2)cc1. The second kappa shape index (κ2) is 10.3. The topological polar surface area (TPSA) is 77.0 Å². The van der Waals surface area contributed by atoms with Crippen molar-refractivity contribution in [3.05, 3.63) is 89.6 Å². The molecule has 0 spiro atoms. The van der Waals surface area contributed by atoms with Crippen LogP contribution in [0.5, 0.6) is 0 Å². The number of sulfone groups is 1. The van der Waals surface area contributed by atoms with Gasteiger partial charge in [-0.2, -0.15) is 0 Å². The second-order valence-electron chi connectivity index (χ2n) is 9.94. The van der Waals surface area contributed by atoms with Crippen LogP contribution < -0.4 is 0 Å². The van der Waals surface area contributed by atoms with Gasteiger partial charge in [0.2, 0.25) is 0 Å². The number of rotatable bonds is 7. The highest BCUT2D eigenvalue weighted by molar-refractivity contribution is 7.98. The van der Waals surface area contributed by atoms with Gasteiger partial charge in [-0.3, -0.25) is 9.78 Å². The van der Waals surface area contributed by atoms with E-state index < -0.39 is 14.6 Å². The zero-order valence-electron chi connectivity index (χ0n) is 22.3. The van der Waals surface area contributed by atoms with E-state index >= 15 is 0 Å². The number of aromatic nitrogens is 2. The monoisotopic (exact) mass is 572 g/mol. The number of thioether (sulfide) groups is 1. The average Bonchev–Trinajstić information content (AvgIpc) is 3.38. The number of nitrogens with zero attached hydrogens (tertiary/aromatic N) is 2. The number of carbonyl (C=O) groups is 1. The molecule has 0 saturated heterocycles. The molecule has 0 aliphatic carbocycles. The normalized spacial score (nSPS) is 12.1. The van der Waals surface area contributed by atoms with Crippen molar-refractivity contribution >= 4 is 49.6 Å². The highest BCUT2D eigenvalue weighted by Gasteiger charge is 2.33. The summed E-state index contributed by atoms with van der Waals surface area (Å²) in [6, 6.07) is 23.9. The van der Waals surface area contributed by atoms with E-state index in [1.807, 2.05) is 54.8 Å². The van der Waals surface area contributed by atoms with E-state index in [0.717, 1.165) is 48.6 Å². The minimum atomic E-state index is -3.38. The van der Waals surface area contributed by atoms with Crippen LogP contribution >= 0.6 is 23.1 Å². The van der Waals surface area contributed by atoms with E-state index in [2.05, 4.69) is 29.2 Å². The van der Waals surface area contributed by atoms with Gasteiger partial charge in [0.1, 0.15) is 0 Å². The summed E-state index contributed by atoms with van der Waals surface area (Å²) in [4.78, 5) is 23.8. The molecule has 0 unspecified atom stereocenters. The van der Waals surface area contributed by atoms with E-state index in [4.69, 9.17) is 4.98 Å². The summed E-state index contributed by atoms with van der Waals surface area (Å²) in [5.74, 6) is -0.0738. The summed E-state index contributed by atoms with van der Waals surface area (Å²) in [5.41, 5.74) is 5.84. The van der Waals surface area contributed by atoms with Crippen LogP contribution in [0.25, 0.3) is 43.7 Å². The van der Waals surface area contributed by atoms with Gasteiger partial charge < -0.3 is 0 Å². The van der Waals surface area contributed by atoms with Gasteiger partial charge in [-0.05, 0) is 73.2 Å². The number of Topliss-reactive ketones (excluding diaryl/α,β-unsaturated/α-hetero) is 1. The lowest BCUT2D eigenvalue weighted by Gasteiger charge is -2.24. The number of pyridine rings is 1. The van der Waals surface area contributed by atoms with Gasteiger partial charge in [-0.25, -0.2) is 13.4 Å². The molecule has 0 atom stereocenters. The van der Waals surface area contributed by atoms with Gasteiger partial charge in [0.25, 0.3) is 0 Å². The van der Waals surface area contributed by atoms with Crippen LogP contribution in [0.2, 0.25) is 0 Å². The first kappa shape index (κ1) is 27.2. The Labute approximate surface area is 237 Å². The molecule has 8 heteroatoms. The molecular formula is C31H28N2O3S3. The van der Waals surface area contributed by atoms with E-state index in [1.54, 1.807) is 31.8 Å². The fourth-order valence-electron chi connectivity index (χ4n) is 4.41. The lowest BCUT2D eigenvalue weighted by molar-refractivity contribution is 0.101. The summed E-state index contributed by atoms with van der Waals surface area (Å²) in [5, 5.41) is 1.33. The zero-order valence-corrected chi connectivity index (χ0v) is 24.8. The van der Waals surface area contributed by atoms with Gasteiger partial charge >= 0.3 is 0 Å². The second-order valence-corrected chi connectivity index (χ2v) is 14.4. The Morgan fingerprint density at radius 1 is 0.923 bits per heavy atom. The minimum Gasteiger partial charge on any atom is -0.292 e. The number of carbonyl (C=O) groups excluding carboxylic acids is 1. The lowest BCUT2D eigenvalue weighted by atomic mass is 9.92. The Morgan fingerprint density at radius 2 is 1.64 bits per heavy atom. The van der Waals surface area contributed by atoms with Crippen molar-refractivity contribution in [1.82, 2.24) is 9.97 Å². The first-order valence-corrected chi connectivity index (χ1v) is 16.3. The van der Waals surface area contributed by atoms with E-state index in [0.29, 0.717) is 10.6 Å². The minimum absolute atomic E-state index is 0.0738. The maximum Gasteiger partial charge on any atom is 0.188 e. The molecule has 0 fully saturated rings. The van der Waals surface area contributed by atoms with Crippen molar-refractivity contribution in [2.75, 3.05) is 12.5 Å². The number of ketones is 1. The largest absolute Gasteiger partial charge is 0.292 e. The fraction of sp³-hybridized carbons (Fsp3) is 0.194. The standard InChI is InChI=1S/C31H28N2O3S3/c1-19(34)30-33-28(29(38-30)20-11-13-25(37-4)14-12-20)22-9-6-8-21(16-22)26-18-24(31(2,3)39(5,35)36)17-23-10-7-15-32-27(23)26/h6-18H,1-5H3. The molecule has 0 bridgehead atoms. The summed E-state index contributed by atoms with van der Waals surface area (Å²) in [6.07, 6.45) is 5.05. The number of fused-ring (bicyclic) bond motifs is 1. The van der Waals surface area contributed by atoms with Crippen LogP contribution in [0.1, 0.15) is 36.1 Å². The summed E-state index contributed by atoms with van der Waals surface area (Å²) in [6.45, 7) is 4.99. The maximum absolute atomic E-state index is 12.7. The molecule has 2 heterocycles. The molecule has 2 aromatic heterocycles. The van der Waals surface area contributed by atoms with Gasteiger partial charge in [0.15, 0.2) is 20.6 Å². The highest BCUT2D eigenvalue weighted by Crippen LogP contribution is 2.41.